The molecule has 23 heavy (non-hydrogen) atoms. The van der Waals surface area contributed by atoms with E-state index in [-0.39, 0.29) is 11.5 Å². The molecule has 1 aromatic rings. The van der Waals surface area contributed by atoms with Crippen LogP contribution in [0.1, 0.15) is 43.1 Å². The zero-order valence-corrected chi connectivity index (χ0v) is 13.8. The van der Waals surface area contributed by atoms with Crippen molar-refractivity contribution in [1.82, 2.24) is 0 Å². The maximum absolute atomic E-state index is 12.6. The quantitative estimate of drug-likeness (QED) is 0.907. The molecule has 0 radical (unpaired) electrons. The van der Waals surface area contributed by atoms with Crippen LogP contribution < -0.4 is 4.74 Å². The number of ether oxygens (including phenoxy) is 1. The largest absolute Gasteiger partial charge is 0.504 e. The van der Waals surface area contributed by atoms with Gasteiger partial charge in [-0.1, -0.05) is 13.0 Å². The maximum atomic E-state index is 12.6. The minimum atomic E-state index is -0.885. The van der Waals surface area contributed by atoms with Gasteiger partial charge in [0.25, 0.3) is 0 Å². The molecule has 0 unspecified atom stereocenters. The number of fused-ring (bicyclic) bond motifs is 3. The van der Waals surface area contributed by atoms with E-state index in [4.69, 9.17) is 4.74 Å². The summed E-state index contributed by atoms with van der Waals surface area (Å²) in [6.07, 6.45) is 3.86. The topological polar surface area (TPSA) is 63.6 Å². The predicted octanol–water partition coefficient (Wildman–Crippen LogP) is 3.52. The van der Waals surface area contributed by atoms with Crippen LogP contribution in [-0.4, -0.2) is 23.8 Å². The SMILES string of the molecule is CC[C@]1(C)C(=O)C=C[C@@]2(C)C1=C(O)C(=O)c1ccc(OC)cc12. The second-order valence-corrected chi connectivity index (χ2v) is 6.55. The molecule has 3 rings (SSSR count). The van der Waals surface area contributed by atoms with Gasteiger partial charge in [0.1, 0.15) is 5.75 Å². The maximum Gasteiger partial charge on any atom is 0.227 e. The monoisotopic (exact) mass is 312 g/mol. The summed E-state index contributed by atoms with van der Waals surface area (Å²) in [5, 5.41) is 10.6. The molecule has 2 atom stereocenters. The Labute approximate surface area is 135 Å². The zero-order valence-electron chi connectivity index (χ0n) is 13.8. The van der Waals surface area contributed by atoms with E-state index in [1.807, 2.05) is 19.9 Å². The van der Waals surface area contributed by atoms with E-state index in [1.165, 1.54) is 0 Å². The highest BCUT2D eigenvalue weighted by Crippen LogP contribution is 2.53. The molecule has 0 spiro atoms. The Morgan fingerprint density at radius 2 is 1.91 bits per heavy atom. The van der Waals surface area contributed by atoms with Gasteiger partial charge < -0.3 is 9.84 Å². The molecule has 0 bridgehead atoms. The normalized spacial score (nSPS) is 29.4. The molecule has 2 aliphatic carbocycles. The molecular weight excluding hydrogens is 292 g/mol. The van der Waals surface area contributed by atoms with Crippen LogP contribution in [0.2, 0.25) is 0 Å². The van der Waals surface area contributed by atoms with Crippen molar-refractivity contribution in [2.75, 3.05) is 7.11 Å². The summed E-state index contributed by atoms with van der Waals surface area (Å²) in [5.41, 5.74) is 0.112. The summed E-state index contributed by atoms with van der Waals surface area (Å²) < 4.78 is 5.29. The number of hydrogen-bond acceptors (Lipinski definition) is 4. The third kappa shape index (κ3) is 1.84. The average molecular weight is 312 g/mol. The first-order chi connectivity index (χ1) is 10.8. The number of Topliss-reactive ketones (excluding diaryl/α,β-unsaturated/α-hetero) is 1. The van der Waals surface area contributed by atoms with Crippen LogP contribution in [-0.2, 0) is 10.2 Å². The van der Waals surface area contributed by atoms with E-state index < -0.39 is 16.6 Å². The minimum absolute atomic E-state index is 0.0850. The Bertz CT molecular complexity index is 787. The number of aliphatic hydroxyl groups is 1. The third-order valence-corrected chi connectivity index (χ3v) is 5.37. The molecule has 1 N–H and O–H groups in total. The van der Waals surface area contributed by atoms with Crippen LogP contribution in [0.3, 0.4) is 0 Å². The van der Waals surface area contributed by atoms with E-state index in [0.717, 1.165) is 5.56 Å². The second-order valence-electron chi connectivity index (χ2n) is 6.55. The van der Waals surface area contributed by atoms with Crippen LogP contribution in [0, 0.1) is 5.41 Å². The highest BCUT2D eigenvalue weighted by atomic mass is 16.5. The van der Waals surface area contributed by atoms with Crippen molar-refractivity contribution < 1.29 is 19.4 Å². The van der Waals surface area contributed by atoms with Gasteiger partial charge in [-0.3, -0.25) is 9.59 Å². The number of ketones is 2. The molecule has 4 nitrogen and oxygen atoms in total. The number of carbonyl (C=O) groups is 2. The lowest BCUT2D eigenvalue weighted by molar-refractivity contribution is -0.122. The molecule has 0 amide bonds. The lowest BCUT2D eigenvalue weighted by Crippen LogP contribution is -2.46. The fraction of sp³-hybridized carbons (Fsp3) is 0.368. The van der Waals surface area contributed by atoms with Crippen molar-refractivity contribution in [1.29, 1.82) is 0 Å². The molecule has 1 aromatic carbocycles. The van der Waals surface area contributed by atoms with Crippen LogP contribution in [0.5, 0.6) is 5.75 Å². The molecule has 0 saturated carbocycles. The highest BCUT2D eigenvalue weighted by Gasteiger charge is 2.52. The first-order valence-corrected chi connectivity index (χ1v) is 7.70. The number of methoxy groups -OCH3 is 1. The molecule has 0 aliphatic heterocycles. The van der Waals surface area contributed by atoms with Gasteiger partial charge >= 0.3 is 0 Å². The summed E-state index contributed by atoms with van der Waals surface area (Å²) in [7, 11) is 1.57. The van der Waals surface area contributed by atoms with Gasteiger partial charge in [-0.25, -0.2) is 0 Å². The van der Waals surface area contributed by atoms with Crippen molar-refractivity contribution in [2.24, 2.45) is 5.41 Å². The first kappa shape index (κ1) is 15.5. The molecule has 0 heterocycles. The Kier molecular flexibility index (Phi) is 3.25. The zero-order chi connectivity index (χ0) is 17.0. The summed E-state index contributed by atoms with van der Waals surface area (Å²) in [6, 6.07) is 5.19. The smallest absolute Gasteiger partial charge is 0.227 e. The molecule has 0 saturated heterocycles. The van der Waals surface area contributed by atoms with E-state index in [0.29, 0.717) is 23.3 Å². The van der Waals surface area contributed by atoms with Crippen LogP contribution in [0.15, 0.2) is 41.7 Å². The Hall–Kier alpha value is -2.36. The molecule has 2 aliphatic rings. The molecule has 0 fully saturated rings. The Balaban J connectivity index is 2.39. The van der Waals surface area contributed by atoms with E-state index in [2.05, 4.69) is 0 Å². The second kappa shape index (κ2) is 4.82. The number of carbonyl (C=O) groups excluding carboxylic acids is 2. The lowest BCUT2D eigenvalue weighted by atomic mass is 9.56. The van der Waals surface area contributed by atoms with Gasteiger partial charge in [-0.15, -0.1) is 0 Å². The van der Waals surface area contributed by atoms with Crippen molar-refractivity contribution in [2.45, 2.75) is 32.6 Å². The van der Waals surface area contributed by atoms with Gasteiger partial charge in [0.05, 0.1) is 12.5 Å². The average Bonchev–Trinajstić information content (AvgIpc) is 2.56. The van der Waals surface area contributed by atoms with Crippen molar-refractivity contribution in [3.05, 3.63) is 52.8 Å². The molecule has 4 heteroatoms. The van der Waals surface area contributed by atoms with E-state index >= 15 is 0 Å². The van der Waals surface area contributed by atoms with Gasteiger partial charge in [0.15, 0.2) is 11.5 Å². The Morgan fingerprint density at radius 1 is 1.22 bits per heavy atom. The summed E-state index contributed by atoms with van der Waals surface area (Å²) in [6.45, 7) is 5.62. The number of hydrogen-bond donors (Lipinski definition) is 1. The first-order valence-electron chi connectivity index (χ1n) is 7.70. The van der Waals surface area contributed by atoms with Crippen molar-refractivity contribution in [3.63, 3.8) is 0 Å². The number of benzene rings is 1. The number of allylic oxidation sites excluding steroid dienone is 4. The van der Waals surface area contributed by atoms with Crippen molar-refractivity contribution >= 4 is 11.6 Å². The number of aliphatic hydroxyl groups excluding tert-OH is 1. The van der Waals surface area contributed by atoms with Crippen LogP contribution in [0.4, 0.5) is 0 Å². The fourth-order valence-electron chi connectivity index (χ4n) is 3.81. The molecule has 120 valence electrons. The van der Waals surface area contributed by atoms with Crippen LogP contribution >= 0.6 is 0 Å². The molecule has 0 aromatic heterocycles. The lowest BCUT2D eigenvalue weighted by Gasteiger charge is -2.46. The number of rotatable bonds is 2. The standard InChI is InChI=1S/C19H20O4/c1-5-18(2)14(20)8-9-19(3)13-10-11(23-4)6-7-12(13)15(21)16(22)17(18)19/h6-10,22H,5H2,1-4H3/t18-,19-/m1/s1. The third-order valence-electron chi connectivity index (χ3n) is 5.37. The summed E-state index contributed by atoms with van der Waals surface area (Å²) in [5.74, 6) is -0.176. The molecular formula is C19H20O4. The summed E-state index contributed by atoms with van der Waals surface area (Å²) >= 11 is 0. The van der Waals surface area contributed by atoms with Crippen molar-refractivity contribution in [3.8, 4) is 5.75 Å². The highest BCUT2D eigenvalue weighted by molar-refractivity contribution is 6.13. The fourth-order valence-corrected chi connectivity index (χ4v) is 3.81. The van der Waals surface area contributed by atoms with Gasteiger partial charge in [-0.05, 0) is 50.1 Å². The van der Waals surface area contributed by atoms with E-state index in [9.17, 15) is 14.7 Å². The van der Waals surface area contributed by atoms with E-state index in [1.54, 1.807) is 38.3 Å². The predicted molar refractivity (Wildman–Crippen MR) is 86.9 cm³/mol. The van der Waals surface area contributed by atoms with Gasteiger partial charge in [0, 0.05) is 16.6 Å². The Morgan fingerprint density at radius 3 is 2.52 bits per heavy atom. The summed E-state index contributed by atoms with van der Waals surface area (Å²) in [4.78, 5) is 25.1. The van der Waals surface area contributed by atoms with Crippen LogP contribution in [0.25, 0.3) is 0 Å². The van der Waals surface area contributed by atoms with Gasteiger partial charge in [0.2, 0.25) is 5.78 Å². The van der Waals surface area contributed by atoms with Gasteiger partial charge in [-0.2, -0.15) is 0 Å². The minimum Gasteiger partial charge on any atom is -0.504 e.